The molecule has 4 nitrogen and oxygen atoms in total. The van der Waals surface area contributed by atoms with Crippen LogP contribution in [-0.2, 0) is 11.3 Å². The van der Waals surface area contributed by atoms with Gasteiger partial charge < -0.3 is 10.5 Å². The molecule has 1 aromatic rings. The summed E-state index contributed by atoms with van der Waals surface area (Å²) >= 11 is 1.31. The van der Waals surface area contributed by atoms with Gasteiger partial charge in [0.15, 0.2) is 0 Å². The maximum absolute atomic E-state index is 11.7. The average molecular weight is 228 g/mol. The van der Waals surface area contributed by atoms with Gasteiger partial charge in [-0.3, -0.25) is 0 Å². The Hall–Kier alpha value is -0.940. The van der Waals surface area contributed by atoms with Crippen molar-refractivity contribution in [1.29, 1.82) is 0 Å². The Balaban J connectivity index is 2.77. The van der Waals surface area contributed by atoms with Crippen LogP contribution in [0.15, 0.2) is 0 Å². The van der Waals surface area contributed by atoms with Crippen molar-refractivity contribution in [2.24, 2.45) is 5.73 Å². The van der Waals surface area contributed by atoms with Crippen LogP contribution in [0.1, 0.15) is 40.6 Å². The SMILES string of the molecule is CCC(C)OC(=O)c1sc(CN)nc1C. The zero-order chi connectivity index (χ0) is 11.4. The molecule has 0 radical (unpaired) electrons. The minimum absolute atomic E-state index is 0.0553. The second kappa shape index (κ2) is 5.23. The normalized spacial score (nSPS) is 12.5. The predicted octanol–water partition coefficient (Wildman–Crippen LogP) is 1.87. The first-order valence-electron chi connectivity index (χ1n) is 4.95. The molecule has 1 unspecified atom stereocenters. The molecule has 5 heteroatoms. The second-order valence-electron chi connectivity index (χ2n) is 3.35. The van der Waals surface area contributed by atoms with Gasteiger partial charge >= 0.3 is 5.97 Å². The van der Waals surface area contributed by atoms with Crippen LogP contribution < -0.4 is 5.73 Å². The molecule has 2 N–H and O–H groups in total. The van der Waals surface area contributed by atoms with Gasteiger partial charge in [0, 0.05) is 6.54 Å². The van der Waals surface area contributed by atoms with Crippen molar-refractivity contribution >= 4 is 17.3 Å². The number of nitrogens with two attached hydrogens (primary N) is 1. The van der Waals surface area contributed by atoms with E-state index in [0.717, 1.165) is 11.4 Å². The van der Waals surface area contributed by atoms with Gasteiger partial charge in [0.1, 0.15) is 9.88 Å². The number of ether oxygens (including phenoxy) is 1. The predicted molar refractivity (Wildman–Crippen MR) is 59.9 cm³/mol. The number of nitrogens with zero attached hydrogens (tertiary/aromatic N) is 1. The largest absolute Gasteiger partial charge is 0.458 e. The topological polar surface area (TPSA) is 65.2 Å². The van der Waals surface area contributed by atoms with Crippen molar-refractivity contribution < 1.29 is 9.53 Å². The van der Waals surface area contributed by atoms with Crippen LogP contribution in [0.4, 0.5) is 0 Å². The first-order chi connectivity index (χ1) is 7.08. The Morgan fingerprint density at radius 2 is 2.33 bits per heavy atom. The summed E-state index contributed by atoms with van der Waals surface area (Å²) in [4.78, 5) is 16.4. The number of aryl methyl sites for hydroxylation is 1. The molecule has 0 amide bonds. The van der Waals surface area contributed by atoms with E-state index in [-0.39, 0.29) is 12.1 Å². The van der Waals surface area contributed by atoms with Gasteiger partial charge in [0.05, 0.1) is 11.8 Å². The van der Waals surface area contributed by atoms with E-state index in [9.17, 15) is 4.79 Å². The fraction of sp³-hybridized carbons (Fsp3) is 0.600. The summed E-state index contributed by atoms with van der Waals surface area (Å²) < 4.78 is 5.21. The second-order valence-corrected chi connectivity index (χ2v) is 4.43. The molecule has 0 aromatic carbocycles. The Bertz CT molecular complexity index is 349. The molecule has 0 saturated heterocycles. The molecule has 1 aromatic heterocycles. The molecular formula is C10H16N2O2S. The number of thiazole rings is 1. The van der Waals surface area contributed by atoms with Gasteiger partial charge in [-0.2, -0.15) is 0 Å². The molecule has 0 bridgehead atoms. The lowest BCUT2D eigenvalue weighted by molar-refractivity contribution is 0.0339. The number of esters is 1. The average Bonchev–Trinajstić information content (AvgIpc) is 2.59. The monoisotopic (exact) mass is 228 g/mol. The third-order valence-corrected chi connectivity index (χ3v) is 3.24. The van der Waals surface area contributed by atoms with E-state index in [1.165, 1.54) is 11.3 Å². The third-order valence-electron chi connectivity index (χ3n) is 2.08. The molecule has 1 heterocycles. The van der Waals surface area contributed by atoms with E-state index < -0.39 is 0 Å². The summed E-state index contributed by atoms with van der Waals surface area (Å²) in [5.41, 5.74) is 6.16. The van der Waals surface area contributed by atoms with Crippen LogP contribution in [0.5, 0.6) is 0 Å². The number of carbonyl (C=O) groups is 1. The summed E-state index contributed by atoms with van der Waals surface area (Å²) in [6.45, 7) is 6.01. The maximum atomic E-state index is 11.7. The summed E-state index contributed by atoms with van der Waals surface area (Å²) in [6.07, 6.45) is 0.758. The van der Waals surface area contributed by atoms with Crippen LogP contribution in [0.2, 0.25) is 0 Å². The van der Waals surface area contributed by atoms with Crippen LogP contribution in [0.25, 0.3) is 0 Å². The molecule has 84 valence electrons. The van der Waals surface area contributed by atoms with Gasteiger partial charge in [-0.1, -0.05) is 6.92 Å². The Morgan fingerprint density at radius 1 is 1.67 bits per heavy atom. The van der Waals surface area contributed by atoms with Crippen LogP contribution in [0.3, 0.4) is 0 Å². The standard InChI is InChI=1S/C10H16N2O2S/c1-4-6(2)14-10(13)9-7(3)12-8(5-11)15-9/h6H,4-5,11H2,1-3H3. The number of rotatable bonds is 4. The molecule has 1 rings (SSSR count). The summed E-state index contributed by atoms with van der Waals surface area (Å²) in [5, 5.41) is 0.767. The lowest BCUT2D eigenvalue weighted by atomic mass is 10.3. The van der Waals surface area contributed by atoms with Crippen LogP contribution >= 0.6 is 11.3 Å². The van der Waals surface area contributed by atoms with Crippen LogP contribution in [-0.4, -0.2) is 17.1 Å². The zero-order valence-electron chi connectivity index (χ0n) is 9.24. The van der Waals surface area contributed by atoms with E-state index >= 15 is 0 Å². The Labute approximate surface area is 93.5 Å². The van der Waals surface area contributed by atoms with E-state index in [1.54, 1.807) is 6.92 Å². The smallest absolute Gasteiger partial charge is 0.350 e. The van der Waals surface area contributed by atoms with E-state index in [2.05, 4.69) is 4.98 Å². The highest BCUT2D eigenvalue weighted by molar-refractivity contribution is 7.13. The maximum Gasteiger partial charge on any atom is 0.350 e. The van der Waals surface area contributed by atoms with E-state index in [1.807, 2.05) is 13.8 Å². The van der Waals surface area contributed by atoms with Crippen molar-refractivity contribution in [2.75, 3.05) is 0 Å². The summed E-state index contributed by atoms with van der Waals surface area (Å²) in [5.74, 6) is -0.293. The first-order valence-corrected chi connectivity index (χ1v) is 5.77. The van der Waals surface area contributed by atoms with E-state index in [4.69, 9.17) is 10.5 Å². The summed E-state index contributed by atoms with van der Waals surface area (Å²) in [7, 11) is 0. The molecule has 0 aliphatic heterocycles. The molecule has 1 atom stereocenters. The van der Waals surface area contributed by atoms with Gasteiger partial charge in [0.2, 0.25) is 0 Å². The number of carbonyl (C=O) groups excluding carboxylic acids is 1. The molecule has 0 spiro atoms. The van der Waals surface area contributed by atoms with Crippen molar-refractivity contribution in [3.8, 4) is 0 Å². The highest BCUT2D eigenvalue weighted by atomic mass is 32.1. The zero-order valence-corrected chi connectivity index (χ0v) is 10.1. The lowest BCUT2D eigenvalue weighted by Crippen LogP contribution is -2.13. The minimum Gasteiger partial charge on any atom is -0.458 e. The highest BCUT2D eigenvalue weighted by Gasteiger charge is 2.17. The first kappa shape index (κ1) is 12.1. The molecule has 0 fully saturated rings. The fourth-order valence-electron chi connectivity index (χ4n) is 1.05. The van der Waals surface area contributed by atoms with Crippen molar-refractivity contribution in [3.63, 3.8) is 0 Å². The minimum atomic E-state index is -0.293. The van der Waals surface area contributed by atoms with E-state index in [0.29, 0.717) is 17.1 Å². The fourth-order valence-corrected chi connectivity index (χ4v) is 1.87. The Morgan fingerprint density at radius 3 is 2.80 bits per heavy atom. The summed E-state index contributed by atoms with van der Waals surface area (Å²) in [6, 6.07) is 0. The molecule has 0 saturated carbocycles. The van der Waals surface area contributed by atoms with Crippen LogP contribution in [0, 0.1) is 6.92 Å². The van der Waals surface area contributed by atoms with Gasteiger partial charge in [-0.15, -0.1) is 11.3 Å². The Kier molecular flexibility index (Phi) is 4.23. The van der Waals surface area contributed by atoms with Gasteiger partial charge in [-0.25, -0.2) is 9.78 Å². The van der Waals surface area contributed by atoms with Crippen molar-refractivity contribution in [3.05, 3.63) is 15.6 Å². The lowest BCUT2D eigenvalue weighted by Gasteiger charge is -2.09. The third kappa shape index (κ3) is 3.00. The molecular weight excluding hydrogens is 212 g/mol. The number of aromatic nitrogens is 1. The quantitative estimate of drug-likeness (QED) is 0.799. The van der Waals surface area contributed by atoms with Gasteiger partial charge in [0.25, 0.3) is 0 Å². The molecule has 0 aliphatic rings. The van der Waals surface area contributed by atoms with Crippen molar-refractivity contribution in [1.82, 2.24) is 4.98 Å². The van der Waals surface area contributed by atoms with Gasteiger partial charge in [-0.05, 0) is 20.3 Å². The van der Waals surface area contributed by atoms with Crippen molar-refractivity contribution in [2.45, 2.75) is 39.8 Å². The molecule has 15 heavy (non-hydrogen) atoms. The number of hydrogen-bond acceptors (Lipinski definition) is 5. The number of hydrogen-bond donors (Lipinski definition) is 1. The highest BCUT2D eigenvalue weighted by Crippen LogP contribution is 2.19. The molecule has 0 aliphatic carbocycles.